The van der Waals surface area contributed by atoms with E-state index in [2.05, 4.69) is 22.8 Å². The third-order valence-corrected chi connectivity index (χ3v) is 6.94. The number of aromatic nitrogens is 2. The minimum Gasteiger partial charge on any atom is -0.326 e. The van der Waals surface area contributed by atoms with E-state index in [0.29, 0.717) is 0 Å². The van der Waals surface area contributed by atoms with Crippen LogP contribution in [0.4, 0.5) is 11.4 Å². The number of carbonyl (C=O) groups excluding carboxylic acids is 2. The van der Waals surface area contributed by atoms with E-state index in [0.717, 1.165) is 53.0 Å². The van der Waals surface area contributed by atoms with Crippen LogP contribution in [0.25, 0.3) is 41.6 Å². The largest absolute Gasteiger partial charge is 0.326 e. The fourth-order valence-electron chi connectivity index (χ4n) is 3.40. The average molecular weight is 459 g/mol. The number of hydrogen-bond acceptors (Lipinski definition) is 6. The minimum atomic E-state index is -0.0895. The van der Waals surface area contributed by atoms with Gasteiger partial charge in [0.25, 0.3) is 0 Å². The molecule has 0 aliphatic heterocycles. The lowest BCUT2D eigenvalue weighted by Crippen LogP contribution is -2.05. The van der Waals surface area contributed by atoms with Crippen molar-refractivity contribution in [3.63, 3.8) is 0 Å². The zero-order chi connectivity index (χ0) is 22.2. The van der Waals surface area contributed by atoms with Crippen LogP contribution in [0.2, 0.25) is 0 Å². The molecule has 0 unspecified atom stereocenters. The summed E-state index contributed by atoms with van der Waals surface area (Å²) in [4.78, 5) is 32.0. The van der Waals surface area contributed by atoms with Crippen molar-refractivity contribution in [2.24, 2.45) is 0 Å². The van der Waals surface area contributed by atoms with Gasteiger partial charge >= 0.3 is 0 Å². The Morgan fingerprint density at radius 1 is 0.656 bits per heavy atom. The Kier molecular flexibility index (Phi) is 5.16. The molecule has 158 valence electrons. The van der Waals surface area contributed by atoms with Crippen molar-refractivity contribution in [2.75, 3.05) is 10.6 Å². The third-order valence-electron chi connectivity index (χ3n) is 4.80. The van der Waals surface area contributed by atoms with Crippen LogP contribution in [0.5, 0.6) is 0 Å². The molecule has 0 radical (unpaired) electrons. The van der Waals surface area contributed by atoms with Crippen molar-refractivity contribution < 1.29 is 9.59 Å². The zero-order valence-electron chi connectivity index (χ0n) is 17.3. The molecule has 0 saturated carbocycles. The van der Waals surface area contributed by atoms with Gasteiger partial charge in [-0.3, -0.25) is 9.59 Å². The van der Waals surface area contributed by atoms with Crippen molar-refractivity contribution in [3.05, 3.63) is 60.7 Å². The van der Waals surface area contributed by atoms with E-state index in [1.165, 1.54) is 13.8 Å². The van der Waals surface area contributed by atoms with Crippen LogP contribution in [-0.2, 0) is 9.59 Å². The molecule has 2 aromatic heterocycles. The summed E-state index contributed by atoms with van der Waals surface area (Å²) < 4.78 is 2.16. The summed E-state index contributed by atoms with van der Waals surface area (Å²) in [6.45, 7) is 2.99. The number of amides is 2. The highest BCUT2D eigenvalue weighted by Crippen LogP contribution is 2.37. The molecule has 5 rings (SSSR count). The topological polar surface area (TPSA) is 84.0 Å². The van der Waals surface area contributed by atoms with E-state index in [4.69, 9.17) is 9.97 Å². The number of benzene rings is 3. The summed E-state index contributed by atoms with van der Waals surface area (Å²) in [5, 5.41) is 7.42. The predicted octanol–water partition coefficient (Wildman–Crippen LogP) is 6.16. The first-order chi connectivity index (χ1) is 15.4. The SMILES string of the molecule is CC(=O)Nc1ccc(-c2nc3cc4sc(-c5ccc(NC(C)=O)cc5)nc4cc3s2)cc1. The molecule has 0 saturated heterocycles. The molecule has 6 nitrogen and oxygen atoms in total. The number of nitrogens with one attached hydrogen (secondary N) is 2. The fraction of sp³-hybridized carbons (Fsp3) is 0.0833. The Morgan fingerprint density at radius 3 is 1.38 bits per heavy atom. The number of anilines is 2. The first kappa shape index (κ1) is 20.3. The van der Waals surface area contributed by atoms with E-state index >= 15 is 0 Å². The molecule has 0 bridgehead atoms. The highest BCUT2D eigenvalue weighted by Gasteiger charge is 2.12. The molecular weight excluding hydrogens is 440 g/mol. The molecule has 5 aromatic rings. The van der Waals surface area contributed by atoms with Gasteiger partial charge in [0.05, 0.1) is 20.4 Å². The van der Waals surface area contributed by atoms with Gasteiger partial charge in [0.1, 0.15) is 10.0 Å². The van der Waals surface area contributed by atoms with Crippen LogP contribution < -0.4 is 10.6 Å². The molecule has 32 heavy (non-hydrogen) atoms. The van der Waals surface area contributed by atoms with Crippen molar-refractivity contribution in [1.82, 2.24) is 9.97 Å². The molecule has 0 atom stereocenters. The number of nitrogens with zero attached hydrogens (tertiary/aromatic N) is 2. The quantitative estimate of drug-likeness (QED) is 0.338. The maximum Gasteiger partial charge on any atom is 0.221 e. The molecule has 2 N–H and O–H groups in total. The van der Waals surface area contributed by atoms with Crippen LogP contribution in [0.1, 0.15) is 13.8 Å². The molecule has 0 aliphatic carbocycles. The van der Waals surface area contributed by atoms with E-state index in [9.17, 15) is 9.59 Å². The summed E-state index contributed by atoms with van der Waals surface area (Å²) in [5.41, 5.74) is 5.45. The monoisotopic (exact) mass is 458 g/mol. The molecule has 2 heterocycles. The van der Waals surface area contributed by atoms with Crippen molar-refractivity contribution in [1.29, 1.82) is 0 Å². The number of carbonyl (C=O) groups is 2. The Hall–Kier alpha value is -3.62. The fourth-order valence-corrected chi connectivity index (χ4v) is 5.37. The van der Waals surface area contributed by atoms with Gasteiger partial charge in [0, 0.05) is 36.3 Å². The molecule has 2 amide bonds. The van der Waals surface area contributed by atoms with Gasteiger partial charge < -0.3 is 10.6 Å². The number of hydrogen-bond donors (Lipinski definition) is 2. The van der Waals surface area contributed by atoms with Crippen molar-refractivity contribution >= 4 is 66.3 Å². The summed E-state index contributed by atoms with van der Waals surface area (Å²) in [5.74, 6) is -0.179. The number of thiazole rings is 2. The summed E-state index contributed by atoms with van der Waals surface area (Å²) in [6, 6.07) is 19.6. The van der Waals surface area contributed by atoms with Crippen LogP contribution >= 0.6 is 22.7 Å². The Morgan fingerprint density at radius 2 is 1.03 bits per heavy atom. The second-order valence-electron chi connectivity index (χ2n) is 7.34. The number of rotatable bonds is 4. The van der Waals surface area contributed by atoms with Gasteiger partial charge in [-0.25, -0.2) is 9.97 Å². The maximum absolute atomic E-state index is 11.2. The minimum absolute atomic E-state index is 0.0895. The number of fused-ring (bicyclic) bond motifs is 2. The third kappa shape index (κ3) is 4.10. The first-order valence-corrected chi connectivity index (χ1v) is 11.5. The maximum atomic E-state index is 11.2. The van der Waals surface area contributed by atoms with Crippen molar-refractivity contribution in [3.8, 4) is 21.1 Å². The van der Waals surface area contributed by atoms with Gasteiger partial charge in [-0.15, -0.1) is 22.7 Å². The standard InChI is InChI=1S/C24H18N4O2S2/c1-13(29)25-17-7-3-15(4-8-17)23-27-19-11-22-20(12-21(19)31-23)28-24(32-22)16-5-9-18(10-6-16)26-14(2)30/h3-12H,1-2H3,(H,25,29)(H,26,30). The highest BCUT2D eigenvalue weighted by atomic mass is 32.1. The molecule has 3 aromatic carbocycles. The molecule has 0 fully saturated rings. The molecule has 0 spiro atoms. The predicted molar refractivity (Wildman–Crippen MR) is 132 cm³/mol. The van der Waals surface area contributed by atoms with Gasteiger partial charge in [0.15, 0.2) is 0 Å². The zero-order valence-corrected chi connectivity index (χ0v) is 18.9. The van der Waals surface area contributed by atoms with E-state index < -0.39 is 0 Å². The van der Waals surface area contributed by atoms with Gasteiger partial charge in [-0.1, -0.05) is 0 Å². The molecule has 0 aliphatic rings. The van der Waals surface area contributed by atoms with Crippen LogP contribution in [-0.4, -0.2) is 21.8 Å². The summed E-state index contributed by atoms with van der Waals surface area (Å²) >= 11 is 3.25. The highest BCUT2D eigenvalue weighted by molar-refractivity contribution is 7.23. The van der Waals surface area contributed by atoms with Crippen LogP contribution in [0.15, 0.2) is 60.7 Å². The Bertz CT molecular complexity index is 1310. The Balaban J connectivity index is 1.44. The van der Waals surface area contributed by atoms with Crippen LogP contribution in [0, 0.1) is 0 Å². The lowest BCUT2D eigenvalue weighted by molar-refractivity contribution is -0.115. The first-order valence-electron chi connectivity index (χ1n) is 9.92. The van der Waals surface area contributed by atoms with Gasteiger partial charge in [-0.05, 0) is 60.7 Å². The lowest BCUT2D eigenvalue weighted by atomic mass is 10.2. The average Bonchev–Trinajstić information content (AvgIpc) is 3.35. The normalized spacial score (nSPS) is 11.1. The summed E-state index contributed by atoms with van der Waals surface area (Å²) in [7, 11) is 0. The van der Waals surface area contributed by atoms with Gasteiger partial charge in [0.2, 0.25) is 11.8 Å². The second-order valence-corrected chi connectivity index (χ2v) is 9.40. The van der Waals surface area contributed by atoms with E-state index in [1.807, 2.05) is 48.5 Å². The van der Waals surface area contributed by atoms with E-state index in [-0.39, 0.29) is 11.8 Å². The lowest BCUT2D eigenvalue weighted by Gasteiger charge is -2.02. The summed E-state index contributed by atoms with van der Waals surface area (Å²) in [6.07, 6.45) is 0. The second kappa shape index (κ2) is 8.14. The smallest absolute Gasteiger partial charge is 0.221 e. The van der Waals surface area contributed by atoms with Crippen LogP contribution in [0.3, 0.4) is 0 Å². The van der Waals surface area contributed by atoms with Crippen molar-refractivity contribution in [2.45, 2.75) is 13.8 Å². The van der Waals surface area contributed by atoms with E-state index in [1.54, 1.807) is 22.7 Å². The van der Waals surface area contributed by atoms with Gasteiger partial charge in [-0.2, -0.15) is 0 Å². The Labute approximate surface area is 192 Å². The molecular formula is C24H18N4O2S2. The molecule has 8 heteroatoms.